The van der Waals surface area contributed by atoms with Crippen molar-refractivity contribution in [2.24, 2.45) is 5.92 Å². The molecule has 2 rings (SSSR count). The predicted octanol–water partition coefficient (Wildman–Crippen LogP) is 2.93. The van der Waals surface area contributed by atoms with Crippen LogP contribution >= 0.6 is 0 Å². The third-order valence-electron chi connectivity index (χ3n) is 3.16. The van der Waals surface area contributed by atoms with Crippen molar-refractivity contribution >= 4 is 17.7 Å². The molecule has 0 saturated heterocycles. The zero-order valence-corrected chi connectivity index (χ0v) is 11.7. The van der Waals surface area contributed by atoms with E-state index in [0.29, 0.717) is 12.0 Å². The van der Waals surface area contributed by atoms with Crippen molar-refractivity contribution in [3.63, 3.8) is 0 Å². The lowest BCUT2D eigenvalue weighted by Gasteiger charge is -2.22. The highest BCUT2D eigenvalue weighted by molar-refractivity contribution is 5.92. The van der Waals surface area contributed by atoms with Gasteiger partial charge in [0.15, 0.2) is 0 Å². The standard InChI is InChI=1S/C16H22N2O/c1-12(2)11-18(15-7-8-15)16(19)9-6-13-4-3-5-14(17)10-13/h3-6,9-10,12,15H,7-8,11,17H2,1-2H3/b9-6+. The van der Waals surface area contributed by atoms with Gasteiger partial charge in [-0.05, 0) is 42.5 Å². The van der Waals surface area contributed by atoms with Crippen molar-refractivity contribution in [2.45, 2.75) is 32.7 Å². The Hall–Kier alpha value is -1.77. The molecule has 0 unspecified atom stereocenters. The topological polar surface area (TPSA) is 46.3 Å². The summed E-state index contributed by atoms with van der Waals surface area (Å²) in [6.07, 6.45) is 5.79. The van der Waals surface area contributed by atoms with Gasteiger partial charge in [-0.2, -0.15) is 0 Å². The van der Waals surface area contributed by atoms with E-state index in [2.05, 4.69) is 13.8 Å². The van der Waals surface area contributed by atoms with Crippen LogP contribution in [0.3, 0.4) is 0 Å². The molecule has 3 heteroatoms. The minimum atomic E-state index is 0.110. The number of anilines is 1. The summed E-state index contributed by atoms with van der Waals surface area (Å²) >= 11 is 0. The first kappa shape index (κ1) is 13.7. The number of rotatable bonds is 5. The first-order valence-corrected chi connectivity index (χ1v) is 6.90. The van der Waals surface area contributed by atoms with E-state index in [1.165, 1.54) is 0 Å². The summed E-state index contributed by atoms with van der Waals surface area (Å²) < 4.78 is 0. The van der Waals surface area contributed by atoms with Crippen LogP contribution in [0.4, 0.5) is 5.69 Å². The Labute approximate surface area is 115 Å². The van der Waals surface area contributed by atoms with E-state index in [1.807, 2.05) is 35.2 Å². The summed E-state index contributed by atoms with van der Waals surface area (Å²) in [6.45, 7) is 5.12. The number of amides is 1. The molecule has 1 aliphatic carbocycles. The van der Waals surface area contributed by atoms with Crippen molar-refractivity contribution in [2.75, 3.05) is 12.3 Å². The smallest absolute Gasteiger partial charge is 0.246 e. The van der Waals surface area contributed by atoms with Crippen LogP contribution in [0.2, 0.25) is 0 Å². The van der Waals surface area contributed by atoms with Gasteiger partial charge in [0.05, 0.1) is 0 Å². The molecule has 1 aromatic carbocycles. The Morgan fingerprint density at radius 2 is 2.21 bits per heavy atom. The normalized spacial score (nSPS) is 15.1. The van der Waals surface area contributed by atoms with Crippen LogP contribution in [0.5, 0.6) is 0 Å². The van der Waals surface area contributed by atoms with Crippen molar-refractivity contribution < 1.29 is 4.79 Å². The molecule has 0 radical (unpaired) electrons. The van der Waals surface area contributed by atoms with E-state index < -0.39 is 0 Å². The van der Waals surface area contributed by atoms with Crippen LogP contribution in [0.25, 0.3) is 6.08 Å². The van der Waals surface area contributed by atoms with E-state index in [1.54, 1.807) is 6.08 Å². The molecule has 0 atom stereocenters. The molecule has 1 fully saturated rings. The number of nitrogens with zero attached hydrogens (tertiary/aromatic N) is 1. The Morgan fingerprint density at radius 1 is 1.47 bits per heavy atom. The van der Waals surface area contributed by atoms with Crippen LogP contribution in [-0.2, 0) is 4.79 Å². The van der Waals surface area contributed by atoms with E-state index in [0.717, 1.165) is 30.6 Å². The fourth-order valence-electron chi connectivity index (χ4n) is 2.12. The molecule has 0 spiro atoms. The Kier molecular flexibility index (Phi) is 4.25. The second-order valence-corrected chi connectivity index (χ2v) is 5.62. The van der Waals surface area contributed by atoms with Crippen LogP contribution in [0.1, 0.15) is 32.3 Å². The highest BCUT2D eigenvalue weighted by Crippen LogP contribution is 2.28. The highest BCUT2D eigenvalue weighted by atomic mass is 16.2. The van der Waals surface area contributed by atoms with E-state index in [4.69, 9.17) is 5.73 Å². The zero-order valence-electron chi connectivity index (χ0n) is 11.7. The SMILES string of the molecule is CC(C)CN(C(=O)/C=C/c1cccc(N)c1)C1CC1. The maximum Gasteiger partial charge on any atom is 0.246 e. The Balaban J connectivity index is 2.02. The lowest BCUT2D eigenvalue weighted by molar-refractivity contribution is -0.127. The molecule has 0 aromatic heterocycles. The van der Waals surface area contributed by atoms with Crippen LogP contribution in [0.15, 0.2) is 30.3 Å². The summed E-state index contributed by atoms with van der Waals surface area (Å²) in [5.74, 6) is 0.615. The molecule has 0 bridgehead atoms. The van der Waals surface area contributed by atoms with Crippen molar-refractivity contribution in [1.29, 1.82) is 0 Å². The molecular formula is C16H22N2O. The molecule has 1 saturated carbocycles. The molecule has 1 aliphatic rings. The molecule has 1 amide bonds. The maximum atomic E-state index is 12.2. The van der Waals surface area contributed by atoms with Crippen molar-refractivity contribution in [3.8, 4) is 0 Å². The van der Waals surface area contributed by atoms with Crippen LogP contribution in [0, 0.1) is 5.92 Å². The lowest BCUT2D eigenvalue weighted by Crippen LogP contribution is -2.34. The number of nitrogen functional groups attached to an aromatic ring is 1. The fraction of sp³-hybridized carbons (Fsp3) is 0.438. The lowest BCUT2D eigenvalue weighted by atomic mass is 10.1. The second kappa shape index (κ2) is 5.91. The van der Waals surface area contributed by atoms with E-state index in [9.17, 15) is 4.79 Å². The zero-order chi connectivity index (χ0) is 13.8. The van der Waals surface area contributed by atoms with Gasteiger partial charge < -0.3 is 10.6 Å². The van der Waals surface area contributed by atoms with Gasteiger partial charge in [0.25, 0.3) is 0 Å². The molecule has 0 heterocycles. The van der Waals surface area contributed by atoms with Crippen LogP contribution < -0.4 is 5.73 Å². The summed E-state index contributed by atoms with van der Waals surface area (Å²) in [5, 5.41) is 0. The average molecular weight is 258 g/mol. The van der Waals surface area contributed by atoms with Gasteiger partial charge in [-0.15, -0.1) is 0 Å². The molecule has 102 valence electrons. The number of hydrogen-bond acceptors (Lipinski definition) is 2. The Morgan fingerprint density at radius 3 is 2.79 bits per heavy atom. The van der Waals surface area contributed by atoms with E-state index >= 15 is 0 Å². The summed E-state index contributed by atoms with van der Waals surface area (Å²) in [5.41, 5.74) is 7.40. The highest BCUT2D eigenvalue weighted by Gasteiger charge is 2.31. The third kappa shape index (κ3) is 4.12. The molecule has 19 heavy (non-hydrogen) atoms. The summed E-state index contributed by atoms with van der Waals surface area (Å²) in [4.78, 5) is 14.2. The first-order chi connectivity index (χ1) is 9.06. The number of nitrogens with two attached hydrogens (primary N) is 1. The van der Waals surface area contributed by atoms with Gasteiger partial charge in [-0.3, -0.25) is 4.79 Å². The number of hydrogen-bond donors (Lipinski definition) is 1. The fourth-order valence-corrected chi connectivity index (χ4v) is 2.12. The minimum absolute atomic E-state index is 0.110. The van der Waals surface area contributed by atoms with Gasteiger partial charge in [0, 0.05) is 24.4 Å². The first-order valence-electron chi connectivity index (χ1n) is 6.90. The van der Waals surface area contributed by atoms with Crippen molar-refractivity contribution in [3.05, 3.63) is 35.9 Å². The number of benzene rings is 1. The number of carbonyl (C=O) groups excluding carboxylic acids is 1. The molecule has 3 nitrogen and oxygen atoms in total. The maximum absolute atomic E-state index is 12.2. The van der Waals surface area contributed by atoms with Gasteiger partial charge in [0.2, 0.25) is 5.91 Å². The second-order valence-electron chi connectivity index (χ2n) is 5.62. The molecule has 0 aliphatic heterocycles. The quantitative estimate of drug-likeness (QED) is 0.652. The monoisotopic (exact) mass is 258 g/mol. The number of carbonyl (C=O) groups is 1. The van der Waals surface area contributed by atoms with Gasteiger partial charge in [-0.1, -0.05) is 26.0 Å². The predicted molar refractivity (Wildman–Crippen MR) is 79.5 cm³/mol. The summed E-state index contributed by atoms with van der Waals surface area (Å²) in [7, 11) is 0. The van der Waals surface area contributed by atoms with E-state index in [-0.39, 0.29) is 5.91 Å². The molecule has 2 N–H and O–H groups in total. The van der Waals surface area contributed by atoms with Crippen molar-refractivity contribution in [1.82, 2.24) is 4.90 Å². The van der Waals surface area contributed by atoms with Gasteiger partial charge in [-0.25, -0.2) is 0 Å². The van der Waals surface area contributed by atoms with Gasteiger partial charge in [0.1, 0.15) is 0 Å². The third-order valence-corrected chi connectivity index (χ3v) is 3.16. The largest absolute Gasteiger partial charge is 0.399 e. The average Bonchev–Trinajstić information content (AvgIpc) is 3.17. The van der Waals surface area contributed by atoms with Gasteiger partial charge >= 0.3 is 0 Å². The molecular weight excluding hydrogens is 236 g/mol. The summed E-state index contributed by atoms with van der Waals surface area (Å²) in [6, 6.07) is 8.01. The minimum Gasteiger partial charge on any atom is -0.399 e. The molecule has 1 aromatic rings. The Bertz CT molecular complexity index is 475. The van der Waals surface area contributed by atoms with Crippen LogP contribution in [-0.4, -0.2) is 23.4 Å².